The van der Waals surface area contributed by atoms with Crippen molar-refractivity contribution in [1.29, 1.82) is 10.5 Å². The average Bonchev–Trinajstić information content (AvgIpc) is 3.97. The van der Waals surface area contributed by atoms with Crippen LogP contribution in [0.4, 0.5) is 0 Å². The van der Waals surface area contributed by atoms with E-state index in [1.807, 2.05) is 84.9 Å². The number of hydrogen-bond acceptors (Lipinski definition) is 4. The van der Waals surface area contributed by atoms with Crippen LogP contribution >= 0.6 is 0 Å². The van der Waals surface area contributed by atoms with Crippen LogP contribution in [-0.4, -0.2) is 19.1 Å². The molecule has 6 nitrogen and oxygen atoms in total. The van der Waals surface area contributed by atoms with Gasteiger partial charge in [-0.15, -0.1) is 0 Å². The molecule has 13 aromatic rings. The minimum Gasteiger partial charge on any atom is -0.309 e. The molecular formula is C66H40N6. The van der Waals surface area contributed by atoms with Gasteiger partial charge in [0.25, 0.3) is 0 Å². The van der Waals surface area contributed by atoms with Crippen molar-refractivity contribution < 1.29 is 0 Å². The highest BCUT2D eigenvalue weighted by Gasteiger charge is 2.25. The Labute approximate surface area is 415 Å². The third kappa shape index (κ3) is 6.94. The first-order chi connectivity index (χ1) is 35.6. The van der Waals surface area contributed by atoms with Gasteiger partial charge < -0.3 is 9.13 Å². The first-order valence-electron chi connectivity index (χ1n) is 23.9. The van der Waals surface area contributed by atoms with E-state index in [1.54, 1.807) is 0 Å². The van der Waals surface area contributed by atoms with Crippen molar-refractivity contribution in [2.75, 3.05) is 0 Å². The number of fused-ring (bicyclic) bond motifs is 6. The van der Waals surface area contributed by atoms with E-state index >= 15 is 0 Å². The Morgan fingerprint density at radius 1 is 0.306 bits per heavy atom. The third-order valence-corrected chi connectivity index (χ3v) is 13.9. The molecule has 6 heteroatoms. The van der Waals surface area contributed by atoms with E-state index in [9.17, 15) is 10.5 Å². The summed E-state index contributed by atoms with van der Waals surface area (Å²) in [5.74, 6) is 0.598. The summed E-state index contributed by atoms with van der Waals surface area (Å²) in [5.41, 5.74) is 17.6. The van der Waals surface area contributed by atoms with E-state index in [2.05, 4.69) is 179 Å². The van der Waals surface area contributed by atoms with Crippen molar-refractivity contribution in [3.63, 3.8) is 0 Å². The second kappa shape index (κ2) is 17.4. The lowest BCUT2D eigenvalue weighted by Gasteiger charge is -2.21. The first-order valence-corrected chi connectivity index (χ1v) is 23.9. The molecule has 0 aliphatic carbocycles. The lowest BCUT2D eigenvalue weighted by molar-refractivity contribution is 1.15. The van der Waals surface area contributed by atoms with Gasteiger partial charge in [0.1, 0.15) is 0 Å². The number of hydrogen-bond donors (Lipinski definition) is 0. The Balaban J connectivity index is 1.13. The second-order valence-corrected chi connectivity index (χ2v) is 17.9. The summed E-state index contributed by atoms with van der Waals surface area (Å²) in [5, 5.41) is 24.6. The minimum absolute atomic E-state index is 0.598. The van der Waals surface area contributed by atoms with Crippen molar-refractivity contribution in [3.8, 4) is 90.8 Å². The Kier molecular flexibility index (Phi) is 10.2. The number of rotatable bonds is 8. The third-order valence-electron chi connectivity index (χ3n) is 13.9. The molecule has 10 aromatic carbocycles. The molecule has 0 saturated carbocycles. The first kappa shape index (κ1) is 42.0. The van der Waals surface area contributed by atoms with Crippen LogP contribution in [0.15, 0.2) is 243 Å². The summed E-state index contributed by atoms with van der Waals surface area (Å²) in [6.07, 6.45) is 0. The summed E-state index contributed by atoms with van der Waals surface area (Å²) in [4.78, 5) is 10.9. The van der Waals surface area contributed by atoms with Crippen LogP contribution in [0.2, 0.25) is 0 Å². The standard InChI is InChI=1S/C66H40N6/c67-41-47-22-7-9-24-49(47)45-34-36-62-55(38-45)51-26-11-14-30-59(51)71(62)61-32-16-13-28-53(61)65-54(66-69-57(43-18-3-1-4-19-43)40-58(70-66)44-20-5-2-6-21-44)29-17-33-64(65)72-60-31-15-12-27-52(60)56-39-46(35-37-63(56)72)50-25-10-8-23-48(50)42-68/h1-40H. The van der Waals surface area contributed by atoms with Gasteiger partial charge in [0.2, 0.25) is 0 Å². The molecule has 3 aromatic heterocycles. The molecule has 0 N–H and O–H groups in total. The number of nitriles is 2. The fourth-order valence-electron chi connectivity index (χ4n) is 10.6. The maximum Gasteiger partial charge on any atom is 0.161 e. The predicted molar refractivity (Wildman–Crippen MR) is 293 cm³/mol. The number of para-hydroxylation sites is 3. The quantitative estimate of drug-likeness (QED) is 0.152. The van der Waals surface area contributed by atoms with E-state index in [-0.39, 0.29) is 0 Å². The van der Waals surface area contributed by atoms with E-state index in [0.29, 0.717) is 17.0 Å². The molecule has 0 fully saturated rings. The molecule has 3 heterocycles. The van der Waals surface area contributed by atoms with Gasteiger partial charge >= 0.3 is 0 Å². The highest BCUT2D eigenvalue weighted by Crippen LogP contribution is 2.46. The minimum atomic E-state index is 0.598. The molecule has 0 aliphatic heterocycles. The smallest absolute Gasteiger partial charge is 0.161 e. The summed E-state index contributed by atoms with van der Waals surface area (Å²) in [7, 11) is 0. The van der Waals surface area contributed by atoms with Gasteiger partial charge in [-0.25, -0.2) is 9.97 Å². The molecule has 0 spiro atoms. The van der Waals surface area contributed by atoms with E-state index in [4.69, 9.17) is 9.97 Å². The SMILES string of the molecule is N#Cc1ccccc1-c1ccc2c(c1)c1ccccc1n2-c1ccccc1-c1c(-c2nc(-c3ccccc3)cc(-c3ccccc3)n2)cccc1-n1c2ccccc2c2cc(-c3ccccc3C#N)ccc21. The van der Waals surface area contributed by atoms with Gasteiger partial charge in [0, 0.05) is 49.4 Å². The molecule has 0 radical (unpaired) electrons. The molecular weight excluding hydrogens is 877 g/mol. The summed E-state index contributed by atoms with van der Waals surface area (Å²) in [6.45, 7) is 0. The molecule has 13 rings (SSSR count). The lowest BCUT2D eigenvalue weighted by Crippen LogP contribution is -2.04. The number of benzene rings is 10. The Morgan fingerprint density at radius 2 is 0.722 bits per heavy atom. The van der Waals surface area contributed by atoms with Crippen LogP contribution < -0.4 is 0 Å². The summed E-state index contributed by atoms with van der Waals surface area (Å²) in [6, 6.07) is 88.5. The van der Waals surface area contributed by atoms with Crippen LogP contribution in [0.5, 0.6) is 0 Å². The summed E-state index contributed by atoms with van der Waals surface area (Å²) >= 11 is 0. The molecule has 0 aliphatic rings. The molecule has 72 heavy (non-hydrogen) atoms. The van der Waals surface area contributed by atoms with Gasteiger partial charge in [-0.2, -0.15) is 10.5 Å². The highest BCUT2D eigenvalue weighted by molar-refractivity contribution is 6.13. The van der Waals surface area contributed by atoms with Crippen LogP contribution in [0.25, 0.3) is 122 Å². The van der Waals surface area contributed by atoms with Crippen LogP contribution in [-0.2, 0) is 0 Å². The van der Waals surface area contributed by atoms with E-state index < -0.39 is 0 Å². The normalized spacial score (nSPS) is 11.3. The monoisotopic (exact) mass is 916 g/mol. The zero-order valence-electron chi connectivity index (χ0n) is 38.8. The van der Waals surface area contributed by atoms with Crippen molar-refractivity contribution in [1.82, 2.24) is 19.1 Å². The van der Waals surface area contributed by atoms with Crippen LogP contribution in [0.3, 0.4) is 0 Å². The van der Waals surface area contributed by atoms with Gasteiger partial charge in [0.15, 0.2) is 5.82 Å². The molecule has 0 atom stereocenters. The van der Waals surface area contributed by atoms with Crippen molar-refractivity contribution >= 4 is 43.6 Å². The van der Waals surface area contributed by atoms with Gasteiger partial charge in [-0.3, -0.25) is 0 Å². The van der Waals surface area contributed by atoms with Crippen LogP contribution in [0.1, 0.15) is 11.1 Å². The van der Waals surface area contributed by atoms with Crippen molar-refractivity contribution in [2.45, 2.75) is 0 Å². The van der Waals surface area contributed by atoms with Gasteiger partial charge in [0.05, 0.1) is 68.1 Å². The fraction of sp³-hybridized carbons (Fsp3) is 0. The van der Waals surface area contributed by atoms with Crippen molar-refractivity contribution in [2.24, 2.45) is 0 Å². The number of aromatic nitrogens is 4. The lowest BCUT2D eigenvalue weighted by atomic mass is 9.94. The highest BCUT2D eigenvalue weighted by atomic mass is 15.0. The topological polar surface area (TPSA) is 83.2 Å². The zero-order valence-corrected chi connectivity index (χ0v) is 38.8. The second-order valence-electron chi connectivity index (χ2n) is 17.9. The molecule has 334 valence electrons. The Morgan fingerprint density at radius 3 is 1.26 bits per heavy atom. The molecule has 0 amide bonds. The van der Waals surface area contributed by atoms with E-state index in [1.165, 1.54) is 0 Å². The van der Waals surface area contributed by atoms with Gasteiger partial charge in [-0.05, 0) is 89.0 Å². The predicted octanol–water partition coefficient (Wildman–Crippen LogP) is 16.4. The Bertz CT molecular complexity index is 4300. The Hall–Kier alpha value is -10.1. The average molecular weight is 917 g/mol. The number of nitrogens with zero attached hydrogens (tertiary/aromatic N) is 6. The molecule has 0 bridgehead atoms. The molecule has 0 unspecified atom stereocenters. The maximum atomic E-state index is 10.1. The summed E-state index contributed by atoms with van der Waals surface area (Å²) < 4.78 is 4.76. The fourth-order valence-corrected chi connectivity index (χ4v) is 10.6. The van der Waals surface area contributed by atoms with Crippen molar-refractivity contribution in [3.05, 3.63) is 254 Å². The molecule has 0 saturated heterocycles. The zero-order chi connectivity index (χ0) is 48.1. The van der Waals surface area contributed by atoms with Gasteiger partial charge in [-0.1, -0.05) is 176 Å². The van der Waals surface area contributed by atoms with E-state index in [0.717, 1.165) is 116 Å². The maximum absolute atomic E-state index is 10.1. The van der Waals surface area contributed by atoms with Crippen LogP contribution in [0, 0.1) is 22.7 Å². The largest absolute Gasteiger partial charge is 0.309 e.